The van der Waals surface area contributed by atoms with E-state index in [0.29, 0.717) is 18.7 Å². The summed E-state index contributed by atoms with van der Waals surface area (Å²) in [6.07, 6.45) is 6.85. The summed E-state index contributed by atoms with van der Waals surface area (Å²) in [6.45, 7) is 17.8. The van der Waals surface area contributed by atoms with Crippen molar-refractivity contribution in [1.82, 2.24) is 15.5 Å². The Balaban J connectivity index is 3.53. The molecule has 222 valence electrons. The average molecular weight is 564 g/mol. The fourth-order valence-corrected chi connectivity index (χ4v) is 4.71. The first-order chi connectivity index (χ1) is 18.1. The maximum atomic E-state index is 14.3. The molecule has 1 aromatic rings. The molecule has 2 N–H and O–H groups in total. The number of alkyl carbamates (subject to hydrolysis) is 1. The molecular formula is C31H53N3O4S. The van der Waals surface area contributed by atoms with Gasteiger partial charge in [-0.15, -0.1) is 0 Å². The van der Waals surface area contributed by atoms with Crippen LogP contribution in [0.3, 0.4) is 0 Å². The summed E-state index contributed by atoms with van der Waals surface area (Å²) in [7, 11) is 0. The van der Waals surface area contributed by atoms with E-state index in [-0.39, 0.29) is 11.8 Å². The van der Waals surface area contributed by atoms with Crippen molar-refractivity contribution in [2.75, 3.05) is 18.6 Å². The summed E-state index contributed by atoms with van der Waals surface area (Å²) in [5.41, 5.74) is 1.78. The largest absolute Gasteiger partial charge is 0.444 e. The number of thioether (sulfide) groups is 1. The van der Waals surface area contributed by atoms with Gasteiger partial charge in [-0.3, -0.25) is 9.59 Å². The van der Waals surface area contributed by atoms with E-state index in [1.165, 1.54) is 0 Å². The van der Waals surface area contributed by atoms with Crippen molar-refractivity contribution < 1.29 is 19.1 Å². The van der Waals surface area contributed by atoms with Gasteiger partial charge in [-0.1, -0.05) is 50.8 Å². The lowest BCUT2D eigenvalue weighted by molar-refractivity contribution is -0.143. The zero-order valence-electron chi connectivity index (χ0n) is 26.0. The van der Waals surface area contributed by atoms with Crippen molar-refractivity contribution in [1.29, 1.82) is 0 Å². The van der Waals surface area contributed by atoms with E-state index >= 15 is 0 Å². The molecule has 8 heteroatoms. The number of benzene rings is 1. The van der Waals surface area contributed by atoms with E-state index in [1.807, 2.05) is 59.1 Å². The predicted octanol–water partition coefficient (Wildman–Crippen LogP) is 6.70. The molecule has 0 spiro atoms. The molecule has 1 aromatic carbocycles. The summed E-state index contributed by atoms with van der Waals surface area (Å²) in [6, 6.07) is 4.30. The second-order valence-corrected chi connectivity index (χ2v) is 13.4. The highest BCUT2D eigenvalue weighted by atomic mass is 32.2. The van der Waals surface area contributed by atoms with E-state index in [4.69, 9.17) is 4.74 Å². The number of aryl methyl sites for hydroxylation is 2. The third kappa shape index (κ3) is 13.1. The Kier molecular flexibility index (Phi) is 14.4. The van der Waals surface area contributed by atoms with Crippen LogP contribution in [0.1, 0.15) is 110 Å². The Labute approximate surface area is 241 Å². The van der Waals surface area contributed by atoms with Crippen molar-refractivity contribution in [3.63, 3.8) is 0 Å². The van der Waals surface area contributed by atoms with Crippen LogP contribution >= 0.6 is 11.8 Å². The minimum Gasteiger partial charge on any atom is -0.444 e. The smallest absolute Gasteiger partial charge is 0.408 e. The zero-order valence-corrected chi connectivity index (χ0v) is 26.8. The van der Waals surface area contributed by atoms with E-state index in [0.717, 1.165) is 48.8 Å². The normalized spacial score (nSPS) is 13.4. The van der Waals surface area contributed by atoms with Crippen molar-refractivity contribution in [3.8, 4) is 0 Å². The molecular weight excluding hydrogens is 510 g/mol. The quantitative estimate of drug-likeness (QED) is 0.246. The molecule has 2 atom stereocenters. The molecule has 7 nitrogen and oxygen atoms in total. The molecule has 39 heavy (non-hydrogen) atoms. The third-order valence-electron chi connectivity index (χ3n) is 6.29. The fourth-order valence-electron chi connectivity index (χ4n) is 4.24. The van der Waals surface area contributed by atoms with Crippen LogP contribution in [0.5, 0.6) is 0 Å². The number of amides is 3. The second-order valence-electron chi connectivity index (χ2n) is 12.4. The first kappa shape index (κ1) is 34.8. The van der Waals surface area contributed by atoms with Gasteiger partial charge in [0.1, 0.15) is 17.7 Å². The highest BCUT2D eigenvalue weighted by Crippen LogP contribution is 2.27. The van der Waals surface area contributed by atoms with Gasteiger partial charge in [-0.25, -0.2) is 4.79 Å². The van der Waals surface area contributed by atoms with Gasteiger partial charge in [-0.2, -0.15) is 11.8 Å². The van der Waals surface area contributed by atoms with E-state index in [2.05, 4.69) is 17.6 Å². The standard InChI is InChI=1S/C31H53N3O4S/c1-11-12-13-14-15-19-34(28(36)25(18-20-39-10)32-29(37)38-31(7,8)9)26(27(35)33-30(4,5)6)24-17-16-22(2)23(3)21-24/h16-17,21,25-26H,11-15,18-20H2,1-10H3,(H,32,37)(H,33,35). The van der Waals surface area contributed by atoms with Crippen molar-refractivity contribution >= 4 is 29.7 Å². The molecule has 1 rings (SSSR count). The van der Waals surface area contributed by atoms with Gasteiger partial charge < -0.3 is 20.3 Å². The van der Waals surface area contributed by atoms with E-state index in [9.17, 15) is 14.4 Å². The van der Waals surface area contributed by atoms with Gasteiger partial charge in [-0.05, 0) is 96.9 Å². The lowest BCUT2D eigenvalue weighted by Gasteiger charge is -2.36. The highest BCUT2D eigenvalue weighted by molar-refractivity contribution is 7.98. The second kappa shape index (κ2) is 16.1. The number of nitrogens with zero attached hydrogens (tertiary/aromatic N) is 1. The van der Waals surface area contributed by atoms with Crippen LogP contribution < -0.4 is 10.6 Å². The number of nitrogens with one attached hydrogen (secondary N) is 2. The Morgan fingerprint density at radius 1 is 0.974 bits per heavy atom. The first-order valence-electron chi connectivity index (χ1n) is 14.3. The number of carbonyl (C=O) groups is 3. The molecule has 0 saturated heterocycles. The molecule has 0 aliphatic carbocycles. The van der Waals surface area contributed by atoms with Gasteiger partial charge >= 0.3 is 6.09 Å². The Hall–Kier alpha value is -2.22. The Morgan fingerprint density at radius 2 is 1.62 bits per heavy atom. The zero-order chi connectivity index (χ0) is 29.8. The molecule has 0 aliphatic rings. The van der Waals surface area contributed by atoms with Gasteiger partial charge in [0.2, 0.25) is 11.8 Å². The van der Waals surface area contributed by atoms with Crippen LogP contribution in [0, 0.1) is 13.8 Å². The Bertz CT molecular complexity index is 937. The summed E-state index contributed by atoms with van der Waals surface area (Å²) in [5, 5.41) is 5.92. The number of unbranched alkanes of at least 4 members (excludes halogenated alkanes) is 4. The maximum absolute atomic E-state index is 14.3. The van der Waals surface area contributed by atoms with Crippen LogP contribution in [0.25, 0.3) is 0 Å². The first-order valence-corrected chi connectivity index (χ1v) is 15.7. The summed E-state index contributed by atoms with van der Waals surface area (Å²) >= 11 is 1.61. The topological polar surface area (TPSA) is 87.7 Å². The van der Waals surface area contributed by atoms with Gasteiger partial charge in [0.05, 0.1) is 0 Å². The molecule has 0 fully saturated rings. The number of rotatable bonds is 14. The highest BCUT2D eigenvalue weighted by Gasteiger charge is 2.37. The minimum atomic E-state index is -0.820. The lowest BCUT2D eigenvalue weighted by Crippen LogP contribution is -2.55. The number of ether oxygens (including phenoxy) is 1. The fraction of sp³-hybridized carbons (Fsp3) is 0.710. The van der Waals surface area contributed by atoms with Gasteiger partial charge in [0, 0.05) is 12.1 Å². The monoisotopic (exact) mass is 563 g/mol. The summed E-state index contributed by atoms with van der Waals surface area (Å²) in [4.78, 5) is 42.6. The van der Waals surface area contributed by atoms with Crippen LogP contribution in [0.15, 0.2) is 18.2 Å². The summed E-state index contributed by atoms with van der Waals surface area (Å²) in [5.74, 6) is 0.185. The van der Waals surface area contributed by atoms with Gasteiger partial charge in [0.15, 0.2) is 0 Å². The number of hydrogen-bond acceptors (Lipinski definition) is 5. The van der Waals surface area contributed by atoms with Crippen LogP contribution in [-0.2, 0) is 14.3 Å². The van der Waals surface area contributed by atoms with Crippen molar-refractivity contribution in [2.45, 2.75) is 124 Å². The molecule has 0 heterocycles. The predicted molar refractivity (Wildman–Crippen MR) is 163 cm³/mol. The third-order valence-corrected chi connectivity index (χ3v) is 6.93. The van der Waals surface area contributed by atoms with Gasteiger partial charge in [0.25, 0.3) is 0 Å². The lowest BCUT2D eigenvalue weighted by atomic mass is 9.96. The minimum absolute atomic E-state index is 0.228. The molecule has 0 aliphatic heterocycles. The van der Waals surface area contributed by atoms with Crippen molar-refractivity contribution in [2.24, 2.45) is 0 Å². The van der Waals surface area contributed by atoms with Crippen LogP contribution in [-0.4, -0.2) is 58.5 Å². The Morgan fingerprint density at radius 3 is 2.15 bits per heavy atom. The molecule has 0 radical (unpaired) electrons. The van der Waals surface area contributed by atoms with E-state index in [1.54, 1.807) is 37.4 Å². The van der Waals surface area contributed by atoms with Crippen molar-refractivity contribution in [3.05, 3.63) is 34.9 Å². The van der Waals surface area contributed by atoms with Crippen LogP contribution in [0.4, 0.5) is 4.79 Å². The number of carbonyl (C=O) groups excluding carboxylic acids is 3. The molecule has 2 unspecified atom stereocenters. The maximum Gasteiger partial charge on any atom is 0.408 e. The van der Waals surface area contributed by atoms with E-state index < -0.39 is 29.3 Å². The molecule has 3 amide bonds. The molecule has 0 saturated carbocycles. The molecule has 0 bridgehead atoms. The van der Waals surface area contributed by atoms with Crippen LogP contribution in [0.2, 0.25) is 0 Å². The molecule has 0 aromatic heterocycles. The number of hydrogen-bond donors (Lipinski definition) is 2. The summed E-state index contributed by atoms with van der Waals surface area (Å²) < 4.78 is 5.48. The average Bonchev–Trinajstić information content (AvgIpc) is 2.80. The SMILES string of the molecule is CCCCCCCN(C(=O)C(CCSC)NC(=O)OC(C)(C)C)C(C(=O)NC(C)(C)C)c1ccc(C)c(C)c1.